The maximum Gasteiger partial charge on any atom is 0.289 e. The largest absolute Gasteiger partial charge is 0.378 e. The molecule has 1 fully saturated rings. The molecule has 1 aliphatic heterocycles. The monoisotopic (exact) mass is 287 g/mol. The van der Waals surface area contributed by atoms with E-state index in [1.54, 1.807) is 19.2 Å². The molecule has 1 aliphatic rings. The number of aromatic nitrogens is 2. The van der Waals surface area contributed by atoms with Gasteiger partial charge in [-0.15, -0.1) is 0 Å². The molecule has 0 saturated carbocycles. The first-order valence-corrected chi connectivity index (χ1v) is 6.90. The van der Waals surface area contributed by atoms with Crippen molar-refractivity contribution in [1.82, 2.24) is 9.36 Å². The van der Waals surface area contributed by atoms with Crippen molar-refractivity contribution >= 4 is 5.69 Å². The highest BCUT2D eigenvalue weighted by atomic mass is 16.5. The van der Waals surface area contributed by atoms with Crippen molar-refractivity contribution in [2.75, 3.05) is 31.2 Å². The summed E-state index contributed by atoms with van der Waals surface area (Å²) in [7, 11) is 1.61. The van der Waals surface area contributed by atoms with E-state index in [9.17, 15) is 9.59 Å². The van der Waals surface area contributed by atoms with Gasteiger partial charge in [0.1, 0.15) is 5.69 Å². The van der Waals surface area contributed by atoms with Gasteiger partial charge in [-0.1, -0.05) is 18.2 Å². The van der Waals surface area contributed by atoms with Gasteiger partial charge in [0.25, 0.3) is 11.1 Å². The quantitative estimate of drug-likeness (QED) is 0.801. The summed E-state index contributed by atoms with van der Waals surface area (Å²) in [6, 6.07) is 10.6. The molecule has 0 spiro atoms. The molecule has 0 bridgehead atoms. The minimum atomic E-state index is -0.218. The lowest BCUT2D eigenvalue weighted by Crippen LogP contribution is -2.44. The Bertz CT molecular complexity index is 743. The summed E-state index contributed by atoms with van der Waals surface area (Å²) in [4.78, 5) is 26.8. The molecule has 0 atom stereocenters. The summed E-state index contributed by atoms with van der Waals surface area (Å²) < 4.78 is 8.03. The predicted molar refractivity (Wildman–Crippen MR) is 80.3 cm³/mol. The van der Waals surface area contributed by atoms with Crippen LogP contribution in [-0.2, 0) is 11.8 Å². The first-order valence-electron chi connectivity index (χ1n) is 6.90. The van der Waals surface area contributed by atoms with Crippen LogP contribution in [0.5, 0.6) is 0 Å². The molecule has 21 heavy (non-hydrogen) atoms. The van der Waals surface area contributed by atoms with E-state index in [0.29, 0.717) is 37.7 Å². The molecule has 2 heterocycles. The lowest BCUT2D eigenvalue weighted by Gasteiger charge is -2.28. The summed E-state index contributed by atoms with van der Waals surface area (Å²) in [6.45, 7) is 2.41. The average Bonchev–Trinajstić information content (AvgIpc) is 2.53. The van der Waals surface area contributed by atoms with E-state index >= 15 is 0 Å². The predicted octanol–water partition coefficient (Wildman–Crippen LogP) is 0.373. The van der Waals surface area contributed by atoms with Gasteiger partial charge in [0, 0.05) is 26.2 Å². The van der Waals surface area contributed by atoms with E-state index in [4.69, 9.17) is 4.74 Å². The second-order valence-electron chi connectivity index (χ2n) is 4.94. The summed E-state index contributed by atoms with van der Waals surface area (Å²) in [5.41, 5.74) is 0.721. The fourth-order valence-corrected chi connectivity index (χ4v) is 2.54. The first kappa shape index (κ1) is 13.6. The second-order valence-corrected chi connectivity index (χ2v) is 4.94. The fourth-order valence-electron chi connectivity index (χ4n) is 2.54. The molecular weight excluding hydrogens is 270 g/mol. The molecule has 0 unspecified atom stereocenters. The number of anilines is 1. The molecule has 0 aliphatic carbocycles. The number of morpholine rings is 1. The molecule has 1 aromatic carbocycles. The molecule has 6 nitrogen and oxygen atoms in total. The van der Waals surface area contributed by atoms with Crippen LogP contribution in [0.15, 0.2) is 46.0 Å². The molecule has 0 radical (unpaired) electrons. The van der Waals surface area contributed by atoms with Crippen LogP contribution in [0.4, 0.5) is 5.69 Å². The number of hydrogen-bond donors (Lipinski definition) is 0. The SMILES string of the molecule is Cn1c(=O)c(N2CCOCC2)cc(=O)n1-c1ccccc1. The van der Waals surface area contributed by atoms with Gasteiger partial charge in [-0.3, -0.25) is 9.59 Å². The minimum Gasteiger partial charge on any atom is -0.378 e. The number of benzene rings is 1. The third-order valence-electron chi connectivity index (χ3n) is 3.63. The number of nitrogens with zero attached hydrogens (tertiary/aromatic N) is 3. The Morgan fingerprint density at radius 1 is 1.05 bits per heavy atom. The highest BCUT2D eigenvalue weighted by molar-refractivity contribution is 5.44. The molecule has 0 amide bonds. The van der Waals surface area contributed by atoms with E-state index in [2.05, 4.69) is 0 Å². The Kier molecular flexibility index (Phi) is 3.62. The van der Waals surface area contributed by atoms with Crippen LogP contribution in [0, 0.1) is 0 Å². The molecule has 0 N–H and O–H groups in total. The molecule has 2 aromatic rings. The number of ether oxygens (including phenoxy) is 1. The molecular formula is C15H17N3O3. The number of hydrogen-bond acceptors (Lipinski definition) is 4. The third-order valence-corrected chi connectivity index (χ3v) is 3.63. The Morgan fingerprint density at radius 3 is 2.38 bits per heavy atom. The summed E-state index contributed by atoms with van der Waals surface area (Å²) >= 11 is 0. The smallest absolute Gasteiger partial charge is 0.289 e. The fraction of sp³-hybridized carbons (Fsp3) is 0.333. The van der Waals surface area contributed by atoms with Crippen LogP contribution in [0.2, 0.25) is 0 Å². The second kappa shape index (κ2) is 5.57. The van der Waals surface area contributed by atoms with Crippen molar-refractivity contribution in [3.63, 3.8) is 0 Å². The van der Waals surface area contributed by atoms with Crippen molar-refractivity contribution < 1.29 is 4.74 Å². The zero-order valence-electron chi connectivity index (χ0n) is 11.9. The van der Waals surface area contributed by atoms with E-state index in [1.165, 1.54) is 15.4 Å². The molecule has 110 valence electrons. The third kappa shape index (κ3) is 2.50. The zero-order chi connectivity index (χ0) is 14.8. The highest BCUT2D eigenvalue weighted by Gasteiger charge is 2.18. The Hall–Kier alpha value is -2.34. The van der Waals surface area contributed by atoms with E-state index in [1.807, 2.05) is 23.1 Å². The van der Waals surface area contributed by atoms with Crippen molar-refractivity contribution in [3.05, 3.63) is 57.1 Å². The zero-order valence-corrected chi connectivity index (χ0v) is 11.9. The van der Waals surface area contributed by atoms with E-state index in [0.717, 1.165) is 0 Å². The van der Waals surface area contributed by atoms with Crippen LogP contribution < -0.4 is 16.0 Å². The van der Waals surface area contributed by atoms with Gasteiger partial charge in [0.2, 0.25) is 0 Å². The van der Waals surface area contributed by atoms with Gasteiger partial charge in [0.05, 0.1) is 18.9 Å². The molecule has 3 rings (SSSR count). The molecule has 1 saturated heterocycles. The summed E-state index contributed by atoms with van der Waals surface area (Å²) in [5, 5.41) is 0. The number of rotatable bonds is 2. The van der Waals surface area contributed by atoms with Crippen LogP contribution in [0.1, 0.15) is 0 Å². The van der Waals surface area contributed by atoms with Crippen molar-refractivity contribution in [3.8, 4) is 5.69 Å². The number of para-hydroxylation sites is 1. The summed E-state index contributed by atoms with van der Waals surface area (Å²) in [5.74, 6) is 0. The summed E-state index contributed by atoms with van der Waals surface area (Å²) in [6.07, 6.45) is 0. The standard InChI is InChI=1S/C15H17N3O3/c1-16-15(20)13(17-7-9-21-10-8-17)11-14(19)18(16)12-5-3-2-4-6-12/h2-6,11H,7-10H2,1H3. The van der Waals surface area contributed by atoms with Gasteiger partial charge in [-0.25, -0.2) is 9.36 Å². The Balaban J connectivity index is 2.12. The van der Waals surface area contributed by atoms with Crippen molar-refractivity contribution in [1.29, 1.82) is 0 Å². The van der Waals surface area contributed by atoms with Crippen LogP contribution in [0.3, 0.4) is 0 Å². The normalized spacial score (nSPS) is 15.2. The maximum absolute atomic E-state index is 12.5. The van der Waals surface area contributed by atoms with Gasteiger partial charge >= 0.3 is 0 Å². The molecule has 6 heteroatoms. The van der Waals surface area contributed by atoms with Gasteiger partial charge in [-0.05, 0) is 12.1 Å². The lowest BCUT2D eigenvalue weighted by atomic mass is 10.3. The van der Waals surface area contributed by atoms with Crippen molar-refractivity contribution in [2.45, 2.75) is 0 Å². The van der Waals surface area contributed by atoms with Gasteiger partial charge in [-0.2, -0.15) is 0 Å². The lowest BCUT2D eigenvalue weighted by molar-refractivity contribution is 0.122. The Labute approximate surface area is 121 Å². The van der Waals surface area contributed by atoms with Crippen LogP contribution in [-0.4, -0.2) is 35.7 Å². The van der Waals surface area contributed by atoms with Crippen LogP contribution >= 0.6 is 0 Å². The Morgan fingerprint density at radius 2 is 1.71 bits per heavy atom. The topological polar surface area (TPSA) is 56.5 Å². The van der Waals surface area contributed by atoms with Gasteiger partial charge < -0.3 is 9.64 Å². The van der Waals surface area contributed by atoms with E-state index < -0.39 is 0 Å². The first-order chi connectivity index (χ1) is 10.2. The molecule has 1 aromatic heterocycles. The van der Waals surface area contributed by atoms with Gasteiger partial charge in [0.15, 0.2) is 0 Å². The highest BCUT2D eigenvalue weighted by Crippen LogP contribution is 2.09. The van der Waals surface area contributed by atoms with E-state index in [-0.39, 0.29) is 11.1 Å². The minimum absolute atomic E-state index is 0.180. The van der Waals surface area contributed by atoms with Crippen molar-refractivity contribution in [2.24, 2.45) is 7.05 Å². The van der Waals surface area contributed by atoms with Crippen LogP contribution in [0.25, 0.3) is 5.69 Å². The average molecular weight is 287 g/mol. The maximum atomic E-state index is 12.5.